The summed E-state index contributed by atoms with van der Waals surface area (Å²) in [5, 5.41) is 1.36. The van der Waals surface area contributed by atoms with Gasteiger partial charge in [-0.25, -0.2) is 0 Å². The van der Waals surface area contributed by atoms with Crippen molar-refractivity contribution in [3.8, 4) is 0 Å². The summed E-state index contributed by atoms with van der Waals surface area (Å²) in [5.41, 5.74) is 2.65. The second-order valence-electron chi connectivity index (χ2n) is 3.91. The Hall–Kier alpha value is -0.990. The summed E-state index contributed by atoms with van der Waals surface area (Å²) in [6.07, 6.45) is 3.23. The molecular formula is C12H17ClN2. The van der Waals surface area contributed by atoms with E-state index >= 15 is 0 Å². The molecule has 82 valence electrons. The first-order valence-electron chi connectivity index (χ1n) is 4.97. The van der Waals surface area contributed by atoms with Crippen molar-refractivity contribution < 1.29 is 0 Å². The molecular weight excluding hydrogens is 208 g/mol. The van der Waals surface area contributed by atoms with Crippen LogP contribution in [0, 0.1) is 0 Å². The average molecular weight is 225 g/mol. The number of halogens is 1. The van der Waals surface area contributed by atoms with E-state index in [1.54, 1.807) is 0 Å². The van der Waals surface area contributed by atoms with Crippen molar-refractivity contribution in [2.45, 2.75) is 6.42 Å². The zero-order valence-electron chi connectivity index (χ0n) is 9.16. The number of benzene rings is 1. The predicted molar refractivity (Wildman–Crippen MR) is 67.8 cm³/mol. The molecule has 0 aliphatic carbocycles. The number of aromatic nitrogens is 1. The Morgan fingerprint density at radius 2 is 1.93 bits per heavy atom. The Bertz CT molecular complexity index is 420. The maximum absolute atomic E-state index is 3.29. The van der Waals surface area contributed by atoms with E-state index in [9.17, 15) is 0 Å². The lowest BCUT2D eigenvalue weighted by Crippen LogP contribution is -2.14. The summed E-state index contributed by atoms with van der Waals surface area (Å²) in [7, 11) is 4.21. The van der Waals surface area contributed by atoms with Gasteiger partial charge in [0.1, 0.15) is 0 Å². The number of nitrogens with zero attached hydrogens (tertiary/aromatic N) is 1. The van der Waals surface area contributed by atoms with E-state index in [0.29, 0.717) is 0 Å². The van der Waals surface area contributed by atoms with Crippen LogP contribution in [0.3, 0.4) is 0 Å². The van der Waals surface area contributed by atoms with Gasteiger partial charge in [0, 0.05) is 23.6 Å². The molecule has 2 nitrogen and oxygen atoms in total. The molecule has 0 spiro atoms. The van der Waals surface area contributed by atoms with Crippen LogP contribution in [0.25, 0.3) is 10.9 Å². The van der Waals surface area contributed by atoms with E-state index in [1.165, 1.54) is 16.5 Å². The minimum atomic E-state index is 0. The SMILES string of the molecule is CN(C)CCc1c[nH]c2ccccc12.Cl. The van der Waals surface area contributed by atoms with Crippen LogP contribution in [0.2, 0.25) is 0 Å². The van der Waals surface area contributed by atoms with E-state index in [4.69, 9.17) is 0 Å². The lowest BCUT2D eigenvalue weighted by atomic mass is 10.1. The van der Waals surface area contributed by atoms with Gasteiger partial charge in [-0.2, -0.15) is 0 Å². The van der Waals surface area contributed by atoms with Gasteiger partial charge < -0.3 is 9.88 Å². The number of H-pyrrole nitrogens is 1. The number of hydrogen-bond donors (Lipinski definition) is 1. The third-order valence-corrected chi connectivity index (χ3v) is 2.50. The minimum absolute atomic E-state index is 0. The summed E-state index contributed by atoms with van der Waals surface area (Å²) < 4.78 is 0. The summed E-state index contributed by atoms with van der Waals surface area (Å²) in [6.45, 7) is 1.10. The van der Waals surface area contributed by atoms with Crippen LogP contribution in [0.1, 0.15) is 5.56 Å². The minimum Gasteiger partial charge on any atom is -0.361 e. The first kappa shape index (κ1) is 12.1. The van der Waals surface area contributed by atoms with Gasteiger partial charge in [0.25, 0.3) is 0 Å². The Morgan fingerprint density at radius 1 is 1.20 bits per heavy atom. The first-order valence-corrected chi connectivity index (χ1v) is 4.97. The fraction of sp³-hybridized carbons (Fsp3) is 0.333. The van der Waals surface area contributed by atoms with Crippen LogP contribution >= 0.6 is 12.4 Å². The third kappa shape index (κ3) is 2.74. The van der Waals surface area contributed by atoms with Gasteiger partial charge in [-0.15, -0.1) is 12.4 Å². The Labute approximate surface area is 96.7 Å². The fourth-order valence-corrected chi connectivity index (χ4v) is 1.68. The van der Waals surface area contributed by atoms with Crippen molar-refractivity contribution in [2.75, 3.05) is 20.6 Å². The van der Waals surface area contributed by atoms with Gasteiger partial charge in [-0.05, 0) is 32.1 Å². The Balaban J connectivity index is 0.00000112. The number of para-hydroxylation sites is 1. The lowest BCUT2D eigenvalue weighted by molar-refractivity contribution is 0.414. The van der Waals surface area contributed by atoms with Crippen LogP contribution in [0.15, 0.2) is 30.5 Å². The number of likely N-dealkylation sites (N-methyl/N-ethyl adjacent to an activating group) is 1. The number of fused-ring (bicyclic) bond motifs is 1. The monoisotopic (exact) mass is 224 g/mol. The zero-order valence-corrected chi connectivity index (χ0v) is 9.97. The normalized spacial score (nSPS) is 10.6. The highest BCUT2D eigenvalue weighted by molar-refractivity contribution is 5.85. The molecule has 0 saturated carbocycles. The van der Waals surface area contributed by atoms with E-state index in [1.807, 2.05) is 0 Å². The molecule has 0 aliphatic heterocycles. The second-order valence-corrected chi connectivity index (χ2v) is 3.91. The Morgan fingerprint density at radius 3 is 2.67 bits per heavy atom. The van der Waals surface area contributed by atoms with Crippen molar-refractivity contribution in [3.05, 3.63) is 36.0 Å². The van der Waals surface area contributed by atoms with Crippen molar-refractivity contribution in [3.63, 3.8) is 0 Å². The molecule has 0 saturated heterocycles. The van der Waals surface area contributed by atoms with Gasteiger partial charge >= 0.3 is 0 Å². The molecule has 1 heterocycles. The molecule has 0 bridgehead atoms. The molecule has 0 atom stereocenters. The summed E-state index contributed by atoms with van der Waals surface area (Å²) >= 11 is 0. The summed E-state index contributed by atoms with van der Waals surface area (Å²) in [4.78, 5) is 5.50. The van der Waals surface area contributed by atoms with E-state index in [2.05, 4.69) is 54.4 Å². The average Bonchev–Trinajstić information content (AvgIpc) is 2.58. The van der Waals surface area contributed by atoms with Crippen LogP contribution in [-0.2, 0) is 6.42 Å². The maximum atomic E-state index is 3.29. The molecule has 2 aromatic rings. The topological polar surface area (TPSA) is 19.0 Å². The molecule has 3 heteroatoms. The standard InChI is InChI=1S/C12H16N2.ClH/c1-14(2)8-7-10-9-13-12-6-4-3-5-11(10)12;/h3-6,9,13H,7-8H2,1-2H3;1H. The van der Waals surface area contributed by atoms with E-state index in [0.717, 1.165) is 13.0 Å². The number of hydrogen-bond acceptors (Lipinski definition) is 1. The summed E-state index contributed by atoms with van der Waals surface area (Å²) in [6, 6.07) is 8.45. The quantitative estimate of drug-likeness (QED) is 0.850. The molecule has 0 fully saturated rings. The van der Waals surface area contributed by atoms with Crippen molar-refractivity contribution in [1.29, 1.82) is 0 Å². The van der Waals surface area contributed by atoms with E-state index < -0.39 is 0 Å². The number of aromatic amines is 1. The molecule has 0 unspecified atom stereocenters. The zero-order chi connectivity index (χ0) is 9.97. The van der Waals surface area contributed by atoms with Gasteiger partial charge in [0.05, 0.1) is 0 Å². The van der Waals surface area contributed by atoms with Crippen LogP contribution in [0.5, 0.6) is 0 Å². The summed E-state index contributed by atoms with van der Waals surface area (Å²) in [5.74, 6) is 0. The molecule has 0 radical (unpaired) electrons. The smallest absolute Gasteiger partial charge is 0.0456 e. The predicted octanol–water partition coefficient (Wildman–Crippen LogP) is 2.69. The second kappa shape index (κ2) is 5.19. The molecule has 2 rings (SSSR count). The molecule has 0 aliphatic rings. The number of nitrogens with one attached hydrogen (secondary N) is 1. The third-order valence-electron chi connectivity index (χ3n) is 2.50. The maximum Gasteiger partial charge on any atom is 0.0456 e. The van der Waals surface area contributed by atoms with Crippen molar-refractivity contribution in [1.82, 2.24) is 9.88 Å². The molecule has 1 aromatic heterocycles. The van der Waals surface area contributed by atoms with Gasteiger partial charge in [0.2, 0.25) is 0 Å². The van der Waals surface area contributed by atoms with Gasteiger partial charge in [0.15, 0.2) is 0 Å². The van der Waals surface area contributed by atoms with Crippen LogP contribution < -0.4 is 0 Å². The van der Waals surface area contributed by atoms with Crippen LogP contribution in [-0.4, -0.2) is 30.5 Å². The van der Waals surface area contributed by atoms with Crippen molar-refractivity contribution in [2.24, 2.45) is 0 Å². The largest absolute Gasteiger partial charge is 0.361 e. The highest BCUT2D eigenvalue weighted by Gasteiger charge is 2.02. The van der Waals surface area contributed by atoms with Gasteiger partial charge in [-0.3, -0.25) is 0 Å². The highest BCUT2D eigenvalue weighted by atomic mass is 35.5. The highest BCUT2D eigenvalue weighted by Crippen LogP contribution is 2.17. The van der Waals surface area contributed by atoms with Gasteiger partial charge in [-0.1, -0.05) is 18.2 Å². The van der Waals surface area contributed by atoms with Crippen LogP contribution in [0.4, 0.5) is 0 Å². The molecule has 15 heavy (non-hydrogen) atoms. The fourth-order valence-electron chi connectivity index (χ4n) is 1.68. The first-order chi connectivity index (χ1) is 6.77. The Kier molecular flexibility index (Phi) is 4.18. The molecule has 1 N–H and O–H groups in total. The van der Waals surface area contributed by atoms with Crippen molar-refractivity contribution >= 4 is 23.3 Å². The molecule has 0 amide bonds. The molecule has 1 aromatic carbocycles. The van der Waals surface area contributed by atoms with E-state index in [-0.39, 0.29) is 12.4 Å². The lowest BCUT2D eigenvalue weighted by Gasteiger charge is -2.07. The number of rotatable bonds is 3.